The number of ketones is 1. The highest BCUT2D eigenvalue weighted by Gasteiger charge is 2.60. The van der Waals surface area contributed by atoms with Crippen molar-refractivity contribution in [3.63, 3.8) is 0 Å². The zero-order valence-corrected chi connectivity index (χ0v) is 14.9. The van der Waals surface area contributed by atoms with Crippen LogP contribution in [0.15, 0.2) is 23.3 Å². The number of aliphatic hydroxyl groups excluding tert-OH is 2. The minimum Gasteiger partial charge on any atom is -0.393 e. The van der Waals surface area contributed by atoms with Crippen molar-refractivity contribution in [1.29, 1.82) is 0 Å². The molecule has 0 aromatic heterocycles. The van der Waals surface area contributed by atoms with Crippen LogP contribution in [0.4, 0.5) is 0 Å². The lowest BCUT2D eigenvalue weighted by Gasteiger charge is -2.59. The van der Waals surface area contributed by atoms with Crippen molar-refractivity contribution in [3.05, 3.63) is 23.3 Å². The summed E-state index contributed by atoms with van der Waals surface area (Å²) in [7, 11) is 0. The smallest absolute Gasteiger partial charge is 0.155 e. The van der Waals surface area contributed by atoms with Gasteiger partial charge >= 0.3 is 0 Å². The van der Waals surface area contributed by atoms with Gasteiger partial charge in [0.25, 0.3) is 0 Å². The standard InChI is InChI=1S/C21H30O3/c1-20-9-7-15(23)11-14(20)3-5-16-17-6-4-13(8-10-22)21(17,2)12-18(24)19(16)20/h8,11,16-19,22,24H,3-7,9-10,12H2,1-2H3/b13-8+/t16?,17?,18-,19?,20-,21+/m0/s1. The molecule has 3 saturated carbocycles. The molecule has 6 atom stereocenters. The Morgan fingerprint density at radius 1 is 1.21 bits per heavy atom. The summed E-state index contributed by atoms with van der Waals surface area (Å²) in [6.07, 6.45) is 10.3. The summed E-state index contributed by atoms with van der Waals surface area (Å²) >= 11 is 0. The number of carbonyl (C=O) groups is 1. The van der Waals surface area contributed by atoms with E-state index >= 15 is 0 Å². The fourth-order valence-corrected chi connectivity index (χ4v) is 6.98. The van der Waals surface area contributed by atoms with Crippen LogP contribution < -0.4 is 0 Å². The molecule has 0 aliphatic heterocycles. The van der Waals surface area contributed by atoms with Crippen molar-refractivity contribution in [3.8, 4) is 0 Å². The van der Waals surface area contributed by atoms with E-state index in [2.05, 4.69) is 13.8 Å². The SMILES string of the molecule is C[C@]12CCC(=O)C=C1CCC1C2[C@@H](O)C[C@]2(C)/C(=C/CO)CCC12. The van der Waals surface area contributed by atoms with E-state index in [0.29, 0.717) is 18.3 Å². The molecule has 0 amide bonds. The van der Waals surface area contributed by atoms with E-state index in [9.17, 15) is 15.0 Å². The summed E-state index contributed by atoms with van der Waals surface area (Å²) < 4.78 is 0. The van der Waals surface area contributed by atoms with E-state index in [0.717, 1.165) is 32.1 Å². The van der Waals surface area contributed by atoms with Crippen LogP contribution in [-0.4, -0.2) is 28.7 Å². The average Bonchev–Trinajstić information content (AvgIpc) is 2.84. The lowest BCUT2D eigenvalue weighted by molar-refractivity contribution is -0.124. The van der Waals surface area contributed by atoms with E-state index in [4.69, 9.17) is 0 Å². The highest BCUT2D eigenvalue weighted by Crippen LogP contribution is 2.66. The molecule has 2 N–H and O–H groups in total. The molecule has 0 spiro atoms. The number of hydrogen-bond acceptors (Lipinski definition) is 3. The molecule has 3 unspecified atom stereocenters. The minimum absolute atomic E-state index is 0.00101. The third kappa shape index (κ3) is 2.13. The molecule has 0 heterocycles. The molecular formula is C21H30O3. The maximum Gasteiger partial charge on any atom is 0.155 e. The maximum atomic E-state index is 11.9. The molecule has 0 radical (unpaired) electrons. The van der Waals surface area contributed by atoms with Gasteiger partial charge in [0.15, 0.2) is 5.78 Å². The molecule has 0 saturated heterocycles. The zero-order valence-electron chi connectivity index (χ0n) is 14.9. The fourth-order valence-electron chi connectivity index (χ4n) is 6.98. The van der Waals surface area contributed by atoms with Crippen molar-refractivity contribution >= 4 is 5.78 Å². The van der Waals surface area contributed by atoms with E-state index in [1.807, 2.05) is 12.2 Å². The second-order valence-corrected chi connectivity index (χ2v) is 9.03. The van der Waals surface area contributed by atoms with Gasteiger partial charge < -0.3 is 10.2 Å². The van der Waals surface area contributed by atoms with Crippen LogP contribution in [0.5, 0.6) is 0 Å². The fraction of sp³-hybridized carbons (Fsp3) is 0.762. The zero-order chi connectivity index (χ0) is 17.1. The Morgan fingerprint density at radius 3 is 2.75 bits per heavy atom. The molecule has 4 rings (SSSR count). The van der Waals surface area contributed by atoms with Gasteiger partial charge in [0, 0.05) is 6.42 Å². The van der Waals surface area contributed by atoms with Crippen LogP contribution >= 0.6 is 0 Å². The van der Waals surface area contributed by atoms with E-state index in [1.165, 1.54) is 17.6 Å². The predicted octanol–water partition coefficient (Wildman–Crippen LogP) is 3.41. The molecule has 3 fully saturated rings. The average molecular weight is 330 g/mol. The molecular weight excluding hydrogens is 300 g/mol. The first-order valence-corrected chi connectivity index (χ1v) is 9.62. The normalized spacial score (nSPS) is 49.4. The Kier molecular flexibility index (Phi) is 3.81. The lowest BCUT2D eigenvalue weighted by Crippen LogP contribution is -2.55. The van der Waals surface area contributed by atoms with Gasteiger partial charge in [-0.1, -0.05) is 31.1 Å². The Morgan fingerprint density at radius 2 is 2.00 bits per heavy atom. The highest BCUT2D eigenvalue weighted by molar-refractivity contribution is 5.91. The van der Waals surface area contributed by atoms with Crippen LogP contribution in [0.3, 0.4) is 0 Å². The van der Waals surface area contributed by atoms with Gasteiger partial charge in [0.2, 0.25) is 0 Å². The topological polar surface area (TPSA) is 57.5 Å². The maximum absolute atomic E-state index is 11.9. The molecule has 24 heavy (non-hydrogen) atoms. The molecule has 3 heteroatoms. The van der Waals surface area contributed by atoms with Gasteiger partial charge in [0.05, 0.1) is 12.7 Å². The molecule has 0 aromatic carbocycles. The van der Waals surface area contributed by atoms with Crippen LogP contribution in [0, 0.1) is 28.6 Å². The molecule has 3 nitrogen and oxygen atoms in total. The summed E-state index contributed by atoms with van der Waals surface area (Å²) in [5.41, 5.74) is 2.71. The number of fused-ring (bicyclic) bond motifs is 5. The summed E-state index contributed by atoms with van der Waals surface area (Å²) in [6.45, 7) is 4.71. The monoisotopic (exact) mass is 330 g/mol. The van der Waals surface area contributed by atoms with Gasteiger partial charge in [-0.3, -0.25) is 4.79 Å². The Hall–Kier alpha value is -0.930. The first-order chi connectivity index (χ1) is 11.4. The van der Waals surface area contributed by atoms with Crippen molar-refractivity contribution in [2.75, 3.05) is 6.61 Å². The highest BCUT2D eigenvalue weighted by atomic mass is 16.3. The molecule has 4 aliphatic carbocycles. The summed E-state index contributed by atoms with van der Waals surface area (Å²) in [4.78, 5) is 11.9. The van der Waals surface area contributed by atoms with Gasteiger partial charge in [-0.05, 0) is 73.2 Å². The Balaban J connectivity index is 1.72. The Bertz CT molecular complexity index is 619. The third-order valence-electron chi connectivity index (χ3n) is 8.08. The largest absolute Gasteiger partial charge is 0.393 e. The summed E-state index contributed by atoms with van der Waals surface area (Å²) in [5, 5.41) is 20.5. The van der Waals surface area contributed by atoms with E-state index in [1.54, 1.807) is 0 Å². The van der Waals surface area contributed by atoms with Crippen LogP contribution in [-0.2, 0) is 4.79 Å². The van der Waals surface area contributed by atoms with Crippen molar-refractivity contribution in [2.24, 2.45) is 28.6 Å². The molecule has 132 valence electrons. The molecule has 4 aliphatic rings. The van der Waals surface area contributed by atoms with Gasteiger partial charge in [-0.2, -0.15) is 0 Å². The number of carbonyl (C=O) groups excluding carboxylic acids is 1. The van der Waals surface area contributed by atoms with Crippen molar-refractivity contribution < 1.29 is 15.0 Å². The first kappa shape index (κ1) is 16.5. The molecule has 0 bridgehead atoms. The van der Waals surface area contributed by atoms with Crippen LogP contribution in [0.2, 0.25) is 0 Å². The second kappa shape index (κ2) is 5.54. The lowest BCUT2D eigenvalue weighted by atomic mass is 9.46. The van der Waals surface area contributed by atoms with E-state index in [-0.39, 0.29) is 35.2 Å². The van der Waals surface area contributed by atoms with Crippen molar-refractivity contribution in [2.45, 2.75) is 64.9 Å². The number of aliphatic hydroxyl groups is 2. The summed E-state index contributed by atoms with van der Waals surface area (Å²) in [6, 6.07) is 0. The number of allylic oxidation sites excluding steroid dienone is 2. The molecule has 0 aromatic rings. The van der Waals surface area contributed by atoms with Gasteiger partial charge in [-0.25, -0.2) is 0 Å². The van der Waals surface area contributed by atoms with Crippen LogP contribution in [0.1, 0.15) is 58.8 Å². The van der Waals surface area contributed by atoms with Gasteiger partial charge in [0.1, 0.15) is 0 Å². The van der Waals surface area contributed by atoms with Crippen molar-refractivity contribution in [1.82, 2.24) is 0 Å². The minimum atomic E-state index is -0.307. The van der Waals surface area contributed by atoms with E-state index < -0.39 is 0 Å². The predicted molar refractivity (Wildman–Crippen MR) is 93.3 cm³/mol. The van der Waals surface area contributed by atoms with Gasteiger partial charge in [-0.15, -0.1) is 0 Å². The quantitative estimate of drug-likeness (QED) is 0.725. The summed E-state index contributed by atoms with van der Waals surface area (Å²) in [5.74, 6) is 1.71. The third-order valence-corrected chi connectivity index (χ3v) is 8.08. The Labute approximate surface area is 144 Å². The number of hydrogen-bond donors (Lipinski definition) is 2. The number of rotatable bonds is 1. The van der Waals surface area contributed by atoms with Crippen LogP contribution in [0.25, 0.3) is 0 Å². The second-order valence-electron chi connectivity index (χ2n) is 9.03. The first-order valence-electron chi connectivity index (χ1n) is 9.62.